The van der Waals surface area contributed by atoms with E-state index < -0.39 is 18.7 Å². The Morgan fingerprint density at radius 2 is 2.00 bits per heavy atom. The van der Waals surface area contributed by atoms with Gasteiger partial charge in [0.25, 0.3) is 0 Å². The zero-order chi connectivity index (χ0) is 24.8. The average molecular weight is 490 g/mol. The van der Waals surface area contributed by atoms with Crippen molar-refractivity contribution < 1.29 is 27.8 Å². The summed E-state index contributed by atoms with van der Waals surface area (Å²) in [5, 5.41) is 13.1. The fourth-order valence-corrected chi connectivity index (χ4v) is 4.12. The SMILES string of the molecule is COC1(C)CCC(Oc2n[nH]c3cc(NC(=O)N[C@H](COC(F)F)c4ccccc4)ncc23)CC1. The van der Waals surface area contributed by atoms with Crippen LogP contribution in [-0.2, 0) is 9.47 Å². The zero-order valence-electron chi connectivity index (χ0n) is 19.6. The van der Waals surface area contributed by atoms with Crippen LogP contribution in [0.2, 0.25) is 0 Å². The van der Waals surface area contributed by atoms with Crippen molar-refractivity contribution in [1.29, 1.82) is 0 Å². The highest BCUT2D eigenvalue weighted by atomic mass is 19.3. The maximum atomic E-state index is 12.6. The number of benzene rings is 1. The van der Waals surface area contributed by atoms with Gasteiger partial charge in [0.1, 0.15) is 11.9 Å². The molecule has 0 bridgehead atoms. The largest absolute Gasteiger partial charge is 0.473 e. The van der Waals surface area contributed by atoms with E-state index in [1.165, 1.54) is 0 Å². The summed E-state index contributed by atoms with van der Waals surface area (Å²) >= 11 is 0. The average Bonchev–Trinajstić information content (AvgIpc) is 3.25. The van der Waals surface area contributed by atoms with Gasteiger partial charge in [0, 0.05) is 19.4 Å². The Morgan fingerprint density at radius 3 is 2.69 bits per heavy atom. The summed E-state index contributed by atoms with van der Waals surface area (Å²) in [6.07, 6.45) is 5.15. The van der Waals surface area contributed by atoms with Crippen LogP contribution in [0.5, 0.6) is 5.88 Å². The molecule has 2 heterocycles. The van der Waals surface area contributed by atoms with Gasteiger partial charge in [-0.1, -0.05) is 30.3 Å². The van der Waals surface area contributed by atoms with E-state index in [1.807, 2.05) is 0 Å². The lowest BCUT2D eigenvalue weighted by Gasteiger charge is -2.35. The molecule has 11 heteroatoms. The first-order valence-electron chi connectivity index (χ1n) is 11.4. The van der Waals surface area contributed by atoms with Crippen LogP contribution < -0.4 is 15.4 Å². The number of anilines is 1. The van der Waals surface area contributed by atoms with Crippen LogP contribution >= 0.6 is 0 Å². The summed E-state index contributed by atoms with van der Waals surface area (Å²) in [4.78, 5) is 16.8. The van der Waals surface area contributed by atoms with Gasteiger partial charge in [-0.2, -0.15) is 8.78 Å². The normalized spacial score (nSPS) is 21.1. The van der Waals surface area contributed by atoms with Crippen molar-refractivity contribution in [3.63, 3.8) is 0 Å². The van der Waals surface area contributed by atoms with Gasteiger partial charge in [-0.25, -0.2) is 9.78 Å². The van der Waals surface area contributed by atoms with Crippen molar-refractivity contribution in [3.05, 3.63) is 48.2 Å². The van der Waals surface area contributed by atoms with Crippen LogP contribution in [-0.4, -0.2) is 53.2 Å². The third-order valence-electron chi connectivity index (χ3n) is 6.31. The van der Waals surface area contributed by atoms with Crippen LogP contribution in [0.4, 0.5) is 19.4 Å². The van der Waals surface area contributed by atoms with Gasteiger partial charge in [-0.15, -0.1) is 5.10 Å². The number of fused-ring (bicyclic) bond motifs is 1. The van der Waals surface area contributed by atoms with E-state index in [0.29, 0.717) is 22.3 Å². The van der Waals surface area contributed by atoms with E-state index in [-0.39, 0.29) is 24.1 Å². The van der Waals surface area contributed by atoms with Crippen molar-refractivity contribution >= 4 is 22.8 Å². The number of urea groups is 1. The summed E-state index contributed by atoms with van der Waals surface area (Å²) in [7, 11) is 1.74. The van der Waals surface area contributed by atoms with E-state index in [1.54, 1.807) is 49.7 Å². The fraction of sp³-hybridized carbons (Fsp3) is 0.458. The quantitative estimate of drug-likeness (QED) is 0.399. The second-order valence-corrected chi connectivity index (χ2v) is 8.77. The molecule has 1 aliphatic carbocycles. The minimum absolute atomic E-state index is 0.0404. The molecule has 0 unspecified atom stereocenters. The number of alkyl halides is 2. The molecular weight excluding hydrogens is 460 g/mol. The number of H-pyrrole nitrogens is 1. The maximum Gasteiger partial charge on any atom is 0.345 e. The number of aromatic amines is 1. The number of nitrogens with zero attached hydrogens (tertiary/aromatic N) is 2. The monoisotopic (exact) mass is 489 g/mol. The van der Waals surface area contributed by atoms with E-state index >= 15 is 0 Å². The van der Waals surface area contributed by atoms with E-state index in [0.717, 1.165) is 25.7 Å². The van der Waals surface area contributed by atoms with E-state index in [9.17, 15) is 13.6 Å². The molecule has 0 spiro atoms. The number of carbonyl (C=O) groups excluding carboxylic acids is 1. The number of hydrogen-bond donors (Lipinski definition) is 3. The molecule has 0 aliphatic heterocycles. The van der Waals surface area contributed by atoms with Gasteiger partial charge in [0.05, 0.1) is 29.2 Å². The molecule has 2 aromatic heterocycles. The highest BCUT2D eigenvalue weighted by molar-refractivity contribution is 5.92. The molecule has 1 aliphatic rings. The van der Waals surface area contributed by atoms with Crippen LogP contribution in [0.3, 0.4) is 0 Å². The third kappa shape index (κ3) is 6.43. The molecule has 188 valence electrons. The molecular formula is C24H29F2N5O4. The molecule has 35 heavy (non-hydrogen) atoms. The van der Waals surface area contributed by atoms with Crippen molar-refractivity contribution in [2.75, 3.05) is 19.0 Å². The first-order chi connectivity index (χ1) is 16.8. The summed E-state index contributed by atoms with van der Waals surface area (Å²) < 4.78 is 41.2. The van der Waals surface area contributed by atoms with E-state index in [2.05, 4.69) is 37.5 Å². The Labute approximate surface area is 201 Å². The smallest absolute Gasteiger partial charge is 0.345 e. The number of halogens is 2. The molecule has 3 N–H and O–H groups in total. The number of rotatable bonds is 9. The number of methoxy groups -OCH3 is 1. The second kappa shape index (κ2) is 11.0. The number of ether oxygens (including phenoxy) is 3. The standard InChI is InChI=1S/C24H29F2N5O4/c1-24(33-2)10-8-16(9-11-24)35-21-17-13-27-20(12-18(17)30-31-21)29-23(32)28-19(14-34-22(25)26)15-6-4-3-5-7-15/h3-7,12-13,16,19,22H,8-11,14H2,1-2H3,(H,30,31)(H2,27,28,29,32)/t16?,19-,24?/m1/s1. The third-order valence-corrected chi connectivity index (χ3v) is 6.31. The molecule has 1 fully saturated rings. The molecule has 0 radical (unpaired) electrons. The molecule has 0 saturated heterocycles. The number of aromatic nitrogens is 3. The van der Waals surface area contributed by atoms with Crippen LogP contribution in [0.25, 0.3) is 10.9 Å². The van der Waals surface area contributed by atoms with Crippen molar-refractivity contribution in [1.82, 2.24) is 20.5 Å². The zero-order valence-corrected chi connectivity index (χ0v) is 19.6. The molecule has 3 aromatic rings. The van der Waals surface area contributed by atoms with E-state index in [4.69, 9.17) is 9.47 Å². The Hall–Kier alpha value is -3.31. The maximum absolute atomic E-state index is 12.6. The van der Waals surface area contributed by atoms with Gasteiger partial charge in [0.15, 0.2) is 0 Å². The lowest BCUT2D eigenvalue weighted by Crippen LogP contribution is -2.36. The topological polar surface area (TPSA) is 110 Å². The summed E-state index contributed by atoms with van der Waals surface area (Å²) in [6, 6.07) is 8.99. The summed E-state index contributed by atoms with van der Waals surface area (Å²) in [6.45, 7) is -1.21. The summed E-state index contributed by atoms with van der Waals surface area (Å²) in [5.74, 6) is 0.725. The highest BCUT2D eigenvalue weighted by Gasteiger charge is 2.32. The number of carbonyl (C=O) groups is 1. The predicted molar refractivity (Wildman–Crippen MR) is 125 cm³/mol. The first-order valence-corrected chi connectivity index (χ1v) is 11.4. The number of hydrogen-bond acceptors (Lipinski definition) is 6. The first kappa shape index (κ1) is 24.8. The van der Waals surface area contributed by atoms with Crippen molar-refractivity contribution in [2.45, 2.75) is 57.0 Å². The van der Waals surface area contributed by atoms with Crippen LogP contribution in [0.1, 0.15) is 44.2 Å². The summed E-state index contributed by atoms with van der Waals surface area (Å²) in [5.41, 5.74) is 1.17. The Morgan fingerprint density at radius 1 is 1.26 bits per heavy atom. The molecule has 1 saturated carbocycles. The molecule has 2 amide bonds. The molecule has 4 rings (SSSR count). The molecule has 9 nitrogen and oxygen atoms in total. The van der Waals surface area contributed by atoms with Gasteiger partial charge >= 0.3 is 12.6 Å². The fourth-order valence-electron chi connectivity index (χ4n) is 4.12. The Bertz CT molecular complexity index is 1120. The minimum Gasteiger partial charge on any atom is -0.473 e. The van der Waals surface area contributed by atoms with Gasteiger partial charge < -0.3 is 19.5 Å². The highest BCUT2D eigenvalue weighted by Crippen LogP contribution is 2.34. The number of nitrogens with one attached hydrogen (secondary N) is 3. The lowest BCUT2D eigenvalue weighted by atomic mass is 9.84. The second-order valence-electron chi connectivity index (χ2n) is 8.77. The van der Waals surface area contributed by atoms with Crippen molar-refractivity contribution in [2.24, 2.45) is 0 Å². The van der Waals surface area contributed by atoms with Gasteiger partial charge in [-0.3, -0.25) is 10.4 Å². The van der Waals surface area contributed by atoms with Gasteiger partial charge in [0.2, 0.25) is 5.88 Å². The van der Waals surface area contributed by atoms with Crippen LogP contribution in [0.15, 0.2) is 42.6 Å². The van der Waals surface area contributed by atoms with Crippen LogP contribution in [0, 0.1) is 0 Å². The molecule has 1 atom stereocenters. The minimum atomic E-state index is -2.94. The Kier molecular flexibility index (Phi) is 7.76. The lowest BCUT2D eigenvalue weighted by molar-refractivity contribution is -0.133. The number of amides is 2. The predicted octanol–water partition coefficient (Wildman–Crippen LogP) is 4.79. The number of pyridine rings is 1. The Balaban J connectivity index is 1.38. The van der Waals surface area contributed by atoms with Crippen molar-refractivity contribution in [3.8, 4) is 5.88 Å². The van der Waals surface area contributed by atoms with Gasteiger partial charge in [-0.05, 0) is 38.2 Å². The molecule has 1 aromatic carbocycles.